The molecule has 10 N–H and O–H groups in total. The molecule has 11 aromatic carbocycles. The summed E-state index contributed by atoms with van der Waals surface area (Å²) in [6.45, 7) is 16.8. The predicted molar refractivity (Wildman–Crippen MR) is 475 cm³/mol. The Balaban J connectivity index is 0.000000139. The summed E-state index contributed by atoms with van der Waals surface area (Å²) in [6, 6.07) is 48.6. The van der Waals surface area contributed by atoms with Gasteiger partial charge in [-0.3, -0.25) is 37.7 Å². The first-order chi connectivity index (χ1) is 59.5. The van der Waals surface area contributed by atoms with Crippen LogP contribution in [-0.4, -0.2) is 60.7 Å². The van der Waals surface area contributed by atoms with Crippen LogP contribution in [0.15, 0.2) is 211 Å². The monoisotopic (exact) mass is 1710 g/mol. The molecular formula is C99H79ClF4N10O12. The van der Waals surface area contributed by atoms with E-state index in [1.54, 1.807) is 160 Å². The van der Waals surface area contributed by atoms with Crippen molar-refractivity contribution in [2.75, 3.05) is 0 Å². The first kappa shape index (κ1) is 84.8. The number of hydrogen-bond acceptors (Lipinski definition) is 13. The molecule has 18 rings (SSSR count). The van der Waals surface area contributed by atoms with E-state index in [4.69, 9.17) is 28.8 Å². The van der Waals surface area contributed by atoms with Gasteiger partial charge in [0.2, 0.25) is 17.7 Å². The van der Waals surface area contributed by atoms with Crippen LogP contribution < -0.4 is 50.9 Å². The molecule has 4 heterocycles. The first-order valence-corrected chi connectivity index (χ1v) is 40.3. The summed E-state index contributed by atoms with van der Waals surface area (Å²) in [7, 11) is 1.39. The molecular weight excluding hydrogens is 1630 g/mol. The third-order valence-electron chi connectivity index (χ3n) is 24.1. The smallest absolute Gasteiger partial charge is 0.340 e. The second kappa shape index (κ2) is 30.9. The molecule has 0 aliphatic heterocycles. The number of halogens is 5. The Kier molecular flexibility index (Phi) is 20.8. The van der Waals surface area contributed by atoms with Crippen LogP contribution in [0.1, 0.15) is 151 Å². The maximum absolute atomic E-state index is 16.1. The Labute approximate surface area is 719 Å². The summed E-state index contributed by atoms with van der Waals surface area (Å²) in [5.74, 6) is -4.98. The van der Waals surface area contributed by atoms with Crippen molar-refractivity contribution < 1.29 is 47.3 Å². The van der Waals surface area contributed by atoms with Crippen molar-refractivity contribution in [1.29, 1.82) is 5.26 Å². The lowest BCUT2D eigenvalue weighted by atomic mass is 9.85. The number of nitriles is 1. The molecule has 0 saturated carbocycles. The van der Waals surface area contributed by atoms with Crippen LogP contribution in [0.3, 0.4) is 0 Å². The highest BCUT2D eigenvalue weighted by Crippen LogP contribution is 2.52. The van der Waals surface area contributed by atoms with Crippen LogP contribution in [-0.2, 0) is 43.1 Å². The molecule has 3 aliphatic rings. The number of aromatic amines is 1. The number of nitrogens with two attached hydrogens (primary N) is 3. The molecule has 0 bridgehead atoms. The Morgan fingerprint density at radius 3 is 1.33 bits per heavy atom. The van der Waals surface area contributed by atoms with Crippen molar-refractivity contribution >= 4 is 56.6 Å². The zero-order chi connectivity index (χ0) is 90.6. The number of hydrogen-bond donors (Lipinski definition) is 7. The van der Waals surface area contributed by atoms with Gasteiger partial charge in [0.25, 0.3) is 16.7 Å². The number of carbonyl (C=O) groups is 3. The van der Waals surface area contributed by atoms with Crippen LogP contribution in [0.5, 0.6) is 0 Å². The first-order valence-electron chi connectivity index (χ1n) is 39.9. The SMILES string of the molecule is Cc1c(-c2c(C#N)cc(C(N)=O)c3c2-c2ccc(C(C)(C)O)cc2C3)cccc1-n1c(=O)cc2c(Cl)cccn2c1=O.Cc1c(-c2c(F)cc(C(N)=O)c3c2-c2ccc(C(C)(C)O)cc2C3)cccc1-n1c(=O)c2cccc(F)c2n(C)c1=O.Cc1cc(F)c2[nH]c(=O)n(-c3cccc(-c4c(F)cc(C(N)=O)c5c4-c4ccc(C(C)(C)O)cc4C5)c3C)c(=O)c2c1. The fourth-order valence-electron chi connectivity index (χ4n) is 17.9. The van der Waals surface area contributed by atoms with E-state index in [0.717, 1.165) is 52.7 Å². The molecule has 4 aromatic heterocycles. The third-order valence-corrected chi connectivity index (χ3v) is 24.4. The minimum Gasteiger partial charge on any atom is -0.386 e. The van der Waals surface area contributed by atoms with Crippen LogP contribution >= 0.6 is 11.6 Å². The molecule has 632 valence electrons. The fraction of sp³-hybridized carbons (Fsp3) is 0.172. The summed E-state index contributed by atoms with van der Waals surface area (Å²) in [4.78, 5) is 120. The van der Waals surface area contributed by atoms with Gasteiger partial charge in [-0.15, -0.1) is 0 Å². The lowest BCUT2D eigenvalue weighted by Gasteiger charge is -2.20. The second-order valence-electron chi connectivity index (χ2n) is 33.4. The molecule has 22 nitrogen and oxygen atoms in total. The van der Waals surface area contributed by atoms with Crippen LogP contribution in [0.2, 0.25) is 5.02 Å². The van der Waals surface area contributed by atoms with Crippen LogP contribution in [0, 0.1) is 62.3 Å². The summed E-state index contributed by atoms with van der Waals surface area (Å²) in [6.07, 6.45) is 2.53. The van der Waals surface area contributed by atoms with Gasteiger partial charge in [-0.25, -0.2) is 45.6 Å². The molecule has 3 aliphatic carbocycles. The summed E-state index contributed by atoms with van der Waals surface area (Å²) >= 11 is 6.25. The maximum Gasteiger partial charge on any atom is 0.340 e. The van der Waals surface area contributed by atoms with E-state index in [9.17, 15) is 72.5 Å². The van der Waals surface area contributed by atoms with E-state index in [1.165, 1.54) is 53.9 Å². The normalized spacial score (nSPS) is 12.4. The topological polar surface area (TPSA) is 356 Å². The van der Waals surface area contributed by atoms with E-state index < -0.39 is 91.5 Å². The molecule has 27 heteroatoms. The van der Waals surface area contributed by atoms with Crippen molar-refractivity contribution in [2.45, 2.75) is 105 Å². The Morgan fingerprint density at radius 2 is 0.873 bits per heavy atom. The van der Waals surface area contributed by atoms with Crippen molar-refractivity contribution in [3.63, 3.8) is 0 Å². The third kappa shape index (κ3) is 14.0. The van der Waals surface area contributed by atoms with Crippen molar-refractivity contribution in [3.05, 3.63) is 368 Å². The molecule has 0 spiro atoms. The molecule has 126 heavy (non-hydrogen) atoms. The van der Waals surface area contributed by atoms with E-state index >= 15 is 8.78 Å². The lowest BCUT2D eigenvalue weighted by molar-refractivity contribution is 0.0780. The van der Waals surface area contributed by atoms with Gasteiger partial charge in [-0.2, -0.15) is 5.26 Å². The van der Waals surface area contributed by atoms with Gasteiger partial charge in [0.1, 0.15) is 23.3 Å². The van der Waals surface area contributed by atoms with Gasteiger partial charge < -0.3 is 37.5 Å². The standard InChI is InChI=1S/C33H25ClN4O4.2C33H27F2N3O4/c1-17-21(6-4-8-26(17)38-28(39)15-27-25(34)7-5-11-37(27)32(38)41)29-19(16-35)14-24(31(36)40)23-13-18-12-20(33(2,3)42)9-10-22(18)30(23)29;1-16-19(7-6-10-26(16)38-31(40)21-8-5-9-24(34)29(21)37(4)32(38)41)28-25(35)15-23(30(36)39)22-14-17-13-18(33(2,3)42)11-12-20(17)27(22)28;1-15-10-23-29(25(35)11-15)37-32(41)38(31(23)40)26-7-5-6-19(16(26)2)28-24(34)14-22(30(36)39)21-13-17-12-18(33(3,4)42)8-9-20(17)27(21)28/h4-12,14-15,42H,13H2,1-3H3,(H2,36,40);5-13,15,42H,14H2,1-4H3,(H2,36,39);5-12,14,42H,13H2,1-4H3,(H2,36,39)(H,37,41). The van der Waals surface area contributed by atoms with Gasteiger partial charge in [0.15, 0.2) is 0 Å². The largest absolute Gasteiger partial charge is 0.386 e. The average Bonchev–Trinajstić information content (AvgIpc) is 1.50. The van der Waals surface area contributed by atoms with Gasteiger partial charge in [0, 0.05) is 52.7 Å². The number of carbonyl (C=O) groups excluding carboxylic acids is 3. The molecule has 15 aromatic rings. The molecule has 0 fully saturated rings. The average molecular weight is 1710 g/mol. The molecule has 3 amide bonds. The highest BCUT2D eigenvalue weighted by Gasteiger charge is 2.37. The molecule has 0 saturated heterocycles. The quantitative estimate of drug-likeness (QED) is 0.0560. The second-order valence-corrected chi connectivity index (χ2v) is 33.8. The van der Waals surface area contributed by atoms with Crippen molar-refractivity contribution in [3.8, 4) is 89.9 Å². The summed E-state index contributed by atoms with van der Waals surface area (Å²) in [5.41, 5.74) is 25.6. The van der Waals surface area contributed by atoms with Gasteiger partial charge in [0.05, 0.1) is 77.8 Å². The number of aliphatic hydroxyl groups is 3. The molecule has 0 unspecified atom stereocenters. The number of pyridine rings is 1. The number of aromatic nitrogens is 6. The summed E-state index contributed by atoms with van der Waals surface area (Å²) < 4.78 is 66.6. The number of benzene rings is 11. The molecule has 0 radical (unpaired) electrons. The number of rotatable bonds is 12. The Bertz CT molecular complexity index is 7850. The number of para-hydroxylation sites is 1. The Morgan fingerprint density at radius 1 is 0.452 bits per heavy atom. The fourth-order valence-corrected chi connectivity index (χ4v) is 18.1. The van der Waals surface area contributed by atoms with Crippen LogP contribution in [0.4, 0.5) is 17.6 Å². The highest BCUT2D eigenvalue weighted by atomic mass is 35.5. The minimum absolute atomic E-state index is 0.00586. The number of fused-ring (bicyclic) bond motifs is 12. The zero-order valence-corrected chi connectivity index (χ0v) is 70.5. The number of H-pyrrole nitrogens is 1. The number of aryl methyl sites for hydroxylation is 2. The predicted octanol–water partition coefficient (Wildman–Crippen LogP) is 14.8. The van der Waals surface area contributed by atoms with Crippen molar-refractivity contribution in [1.82, 2.24) is 27.7 Å². The number of nitrogens with zero attached hydrogens (tertiary/aromatic N) is 6. The zero-order valence-electron chi connectivity index (χ0n) is 69.8. The van der Waals surface area contributed by atoms with E-state index in [2.05, 4.69) is 11.1 Å². The van der Waals surface area contributed by atoms with Crippen molar-refractivity contribution in [2.24, 2.45) is 24.2 Å². The minimum atomic E-state index is -1.11. The van der Waals surface area contributed by atoms with Gasteiger partial charge >= 0.3 is 17.1 Å². The highest BCUT2D eigenvalue weighted by molar-refractivity contribution is 6.33. The van der Waals surface area contributed by atoms with Gasteiger partial charge in [-0.05, 0) is 284 Å². The number of nitrogens with one attached hydrogen (secondary N) is 1. The summed E-state index contributed by atoms with van der Waals surface area (Å²) in [5, 5.41) is 42.3. The van der Waals surface area contributed by atoms with E-state index in [-0.39, 0.29) is 71.6 Å². The van der Waals surface area contributed by atoms with Crippen LogP contribution in [0.25, 0.3) is 111 Å². The molecule has 0 atom stereocenters. The lowest BCUT2D eigenvalue weighted by Crippen LogP contribution is -2.38. The van der Waals surface area contributed by atoms with E-state index in [0.29, 0.717) is 136 Å². The van der Waals surface area contributed by atoms with E-state index in [1.807, 2.05) is 36.4 Å². The maximum atomic E-state index is 16.1. The number of primary amides is 3. The Hall–Kier alpha value is -14.8. The number of amides is 3. The van der Waals surface area contributed by atoms with Gasteiger partial charge in [-0.1, -0.05) is 109 Å².